The summed E-state index contributed by atoms with van der Waals surface area (Å²) in [4.78, 5) is 12.1. The molecule has 0 radical (unpaired) electrons. The summed E-state index contributed by atoms with van der Waals surface area (Å²) in [7, 11) is 1.57. The van der Waals surface area contributed by atoms with E-state index in [0.29, 0.717) is 17.9 Å². The first kappa shape index (κ1) is 15.0. The molecule has 1 unspecified atom stereocenters. The molecule has 0 spiro atoms. The van der Waals surface area contributed by atoms with Crippen LogP contribution in [-0.2, 0) is 4.79 Å². The number of halogens is 1. The van der Waals surface area contributed by atoms with Crippen LogP contribution < -0.4 is 15.8 Å². The Hall–Kier alpha value is -1.07. The van der Waals surface area contributed by atoms with Gasteiger partial charge in [0.15, 0.2) is 0 Å². The first-order valence-electron chi connectivity index (χ1n) is 5.76. The van der Waals surface area contributed by atoms with Crippen LogP contribution in [0.2, 0.25) is 0 Å². The Balaban J connectivity index is 3.08. The largest absolute Gasteiger partial charge is 0.495 e. The molecular weight excluding hydrogens is 296 g/mol. The SMILES string of the molecule is CCC(C)(N)C(=O)Nc1c(C)cc(Br)cc1OC. The summed E-state index contributed by atoms with van der Waals surface area (Å²) in [5.74, 6) is 0.399. The Labute approximate surface area is 116 Å². The molecule has 0 fully saturated rings. The van der Waals surface area contributed by atoms with E-state index >= 15 is 0 Å². The second-order valence-corrected chi connectivity index (χ2v) is 5.44. The van der Waals surface area contributed by atoms with Crippen molar-refractivity contribution in [2.24, 2.45) is 5.73 Å². The number of amides is 1. The first-order valence-corrected chi connectivity index (χ1v) is 6.55. The van der Waals surface area contributed by atoms with Crippen molar-refractivity contribution in [2.75, 3.05) is 12.4 Å². The van der Waals surface area contributed by atoms with Crippen LogP contribution in [0.1, 0.15) is 25.8 Å². The number of ether oxygens (including phenoxy) is 1. The minimum absolute atomic E-state index is 0.214. The fourth-order valence-corrected chi connectivity index (χ4v) is 2.00. The summed E-state index contributed by atoms with van der Waals surface area (Å²) < 4.78 is 6.17. The van der Waals surface area contributed by atoms with E-state index in [9.17, 15) is 4.79 Å². The van der Waals surface area contributed by atoms with Crippen molar-refractivity contribution >= 4 is 27.5 Å². The minimum Gasteiger partial charge on any atom is -0.495 e. The second-order valence-electron chi connectivity index (χ2n) is 4.53. The monoisotopic (exact) mass is 314 g/mol. The average Bonchev–Trinajstić information content (AvgIpc) is 2.31. The van der Waals surface area contributed by atoms with E-state index in [1.807, 2.05) is 26.0 Å². The van der Waals surface area contributed by atoms with Gasteiger partial charge in [-0.15, -0.1) is 0 Å². The second kappa shape index (κ2) is 5.71. The summed E-state index contributed by atoms with van der Waals surface area (Å²) in [6, 6.07) is 3.72. The van der Waals surface area contributed by atoms with Crippen molar-refractivity contribution < 1.29 is 9.53 Å². The Morgan fingerprint density at radius 2 is 2.17 bits per heavy atom. The summed E-state index contributed by atoms with van der Waals surface area (Å²) in [5.41, 5.74) is 6.61. The van der Waals surface area contributed by atoms with Crippen LogP contribution in [0.15, 0.2) is 16.6 Å². The van der Waals surface area contributed by atoms with E-state index < -0.39 is 5.54 Å². The normalized spacial score (nSPS) is 13.9. The lowest BCUT2D eigenvalue weighted by atomic mass is 9.99. The highest BCUT2D eigenvalue weighted by atomic mass is 79.9. The van der Waals surface area contributed by atoms with Gasteiger partial charge in [0.2, 0.25) is 5.91 Å². The third-order valence-electron chi connectivity index (χ3n) is 2.98. The summed E-state index contributed by atoms with van der Waals surface area (Å²) in [6.07, 6.45) is 0.566. The maximum atomic E-state index is 12.1. The van der Waals surface area contributed by atoms with E-state index in [2.05, 4.69) is 21.2 Å². The molecule has 1 amide bonds. The van der Waals surface area contributed by atoms with Gasteiger partial charge in [-0.2, -0.15) is 0 Å². The number of carbonyl (C=O) groups excluding carboxylic acids is 1. The van der Waals surface area contributed by atoms with Gasteiger partial charge in [-0.1, -0.05) is 22.9 Å². The number of benzene rings is 1. The predicted octanol–water partition coefficient (Wildman–Crippen LogP) is 2.83. The van der Waals surface area contributed by atoms with Crippen molar-refractivity contribution in [3.63, 3.8) is 0 Å². The number of nitrogens with two attached hydrogens (primary N) is 1. The van der Waals surface area contributed by atoms with Gasteiger partial charge in [0, 0.05) is 4.47 Å². The molecule has 0 saturated heterocycles. The highest BCUT2D eigenvalue weighted by Gasteiger charge is 2.27. The number of hydrogen-bond donors (Lipinski definition) is 2. The Morgan fingerprint density at radius 1 is 1.56 bits per heavy atom. The number of nitrogens with one attached hydrogen (secondary N) is 1. The molecule has 3 N–H and O–H groups in total. The van der Waals surface area contributed by atoms with Crippen molar-refractivity contribution in [3.05, 3.63) is 22.2 Å². The molecule has 1 aromatic rings. The molecule has 0 bridgehead atoms. The number of hydrogen-bond acceptors (Lipinski definition) is 3. The average molecular weight is 315 g/mol. The summed E-state index contributed by atoms with van der Waals surface area (Å²) >= 11 is 3.39. The maximum absolute atomic E-state index is 12.1. The van der Waals surface area contributed by atoms with Gasteiger partial charge in [0.05, 0.1) is 18.3 Å². The van der Waals surface area contributed by atoms with E-state index in [-0.39, 0.29) is 5.91 Å². The first-order chi connectivity index (χ1) is 8.31. The van der Waals surface area contributed by atoms with E-state index in [1.54, 1.807) is 14.0 Å². The molecule has 0 aliphatic carbocycles. The van der Waals surface area contributed by atoms with Crippen LogP contribution in [0.25, 0.3) is 0 Å². The quantitative estimate of drug-likeness (QED) is 0.898. The summed E-state index contributed by atoms with van der Waals surface area (Å²) in [5, 5.41) is 2.84. The van der Waals surface area contributed by atoms with E-state index in [4.69, 9.17) is 10.5 Å². The van der Waals surface area contributed by atoms with Crippen molar-refractivity contribution in [1.82, 2.24) is 0 Å². The van der Waals surface area contributed by atoms with Gasteiger partial charge < -0.3 is 15.8 Å². The molecule has 100 valence electrons. The summed E-state index contributed by atoms with van der Waals surface area (Å²) in [6.45, 7) is 5.50. The fraction of sp³-hybridized carbons (Fsp3) is 0.462. The van der Waals surface area contributed by atoms with Crippen LogP contribution in [0.4, 0.5) is 5.69 Å². The fourth-order valence-electron chi connectivity index (χ4n) is 1.45. The zero-order chi connectivity index (χ0) is 13.9. The third kappa shape index (κ3) is 3.23. The lowest BCUT2D eigenvalue weighted by molar-refractivity contribution is -0.120. The van der Waals surface area contributed by atoms with Crippen LogP contribution >= 0.6 is 15.9 Å². The standard InChI is InChI=1S/C13H19BrN2O2/c1-5-13(3,15)12(17)16-11-8(2)6-9(14)7-10(11)18-4/h6-7H,5,15H2,1-4H3,(H,16,17). The zero-order valence-electron chi connectivity index (χ0n) is 11.1. The molecule has 5 heteroatoms. The van der Waals surface area contributed by atoms with Gasteiger partial charge in [0.25, 0.3) is 0 Å². The molecule has 1 atom stereocenters. The smallest absolute Gasteiger partial charge is 0.244 e. The predicted molar refractivity (Wildman–Crippen MR) is 76.9 cm³/mol. The molecule has 0 aliphatic heterocycles. The van der Waals surface area contributed by atoms with Crippen molar-refractivity contribution in [3.8, 4) is 5.75 Å². The Kier molecular flexibility index (Phi) is 4.76. The van der Waals surface area contributed by atoms with E-state index in [0.717, 1.165) is 10.0 Å². The Bertz CT molecular complexity index is 459. The van der Waals surface area contributed by atoms with Crippen molar-refractivity contribution in [2.45, 2.75) is 32.7 Å². The van der Waals surface area contributed by atoms with Gasteiger partial charge in [-0.25, -0.2) is 0 Å². The molecule has 1 aromatic carbocycles. The lowest BCUT2D eigenvalue weighted by Gasteiger charge is -2.23. The van der Waals surface area contributed by atoms with Gasteiger partial charge >= 0.3 is 0 Å². The molecular formula is C13H19BrN2O2. The number of carbonyl (C=O) groups is 1. The topological polar surface area (TPSA) is 64.4 Å². The highest BCUT2D eigenvalue weighted by Crippen LogP contribution is 2.32. The highest BCUT2D eigenvalue weighted by molar-refractivity contribution is 9.10. The zero-order valence-corrected chi connectivity index (χ0v) is 12.7. The van der Waals surface area contributed by atoms with Crippen LogP contribution in [-0.4, -0.2) is 18.6 Å². The number of anilines is 1. The number of aryl methyl sites for hydroxylation is 1. The van der Waals surface area contributed by atoms with Gasteiger partial charge in [-0.3, -0.25) is 4.79 Å². The number of methoxy groups -OCH3 is 1. The van der Waals surface area contributed by atoms with Crippen molar-refractivity contribution in [1.29, 1.82) is 0 Å². The minimum atomic E-state index is -0.884. The molecule has 18 heavy (non-hydrogen) atoms. The van der Waals surface area contributed by atoms with Crippen LogP contribution in [0.5, 0.6) is 5.75 Å². The molecule has 4 nitrogen and oxygen atoms in total. The molecule has 0 saturated carbocycles. The molecule has 0 heterocycles. The third-order valence-corrected chi connectivity index (χ3v) is 3.43. The molecule has 0 aromatic heterocycles. The van der Waals surface area contributed by atoms with E-state index in [1.165, 1.54) is 0 Å². The van der Waals surface area contributed by atoms with Crippen LogP contribution in [0.3, 0.4) is 0 Å². The van der Waals surface area contributed by atoms with Crippen LogP contribution in [0, 0.1) is 6.92 Å². The molecule has 0 aliphatic rings. The Morgan fingerprint density at radius 3 is 2.67 bits per heavy atom. The maximum Gasteiger partial charge on any atom is 0.244 e. The number of rotatable bonds is 4. The molecule has 1 rings (SSSR count). The lowest BCUT2D eigenvalue weighted by Crippen LogP contribution is -2.47. The van der Waals surface area contributed by atoms with Gasteiger partial charge in [0.1, 0.15) is 5.75 Å². The van der Waals surface area contributed by atoms with Gasteiger partial charge in [-0.05, 0) is 38.0 Å².